The topological polar surface area (TPSA) is 104 Å². The monoisotopic (exact) mass is 296 g/mol. The van der Waals surface area contributed by atoms with Crippen LogP contribution in [0.1, 0.15) is 0 Å². The molecule has 0 amide bonds. The van der Waals surface area contributed by atoms with Gasteiger partial charge in [0.25, 0.3) is 0 Å². The van der Waals surface area contributed by atoms with Crippen LogP contribution in [0.15, 0.2) is 31.0 Å². The van der Waals surface area contributed by atoms with Crippen LogP contribution in [0.3, 0.4) is 0 Å². The van der Waals surface area contributed by atoms with Crippen LogP contribution in [0.4, 0.5) is 11.6 Å². The first-order chi connectivity index (χ1) is 10.7. The zero-order valence-corrected chi connectivity index (χ0v) is 11.9. The third kappa shape index (κ3) is 2.06. The molecule has 0 atom stereocenters. The second kappa shape index (κ2) is 4.62. The number of fused-ring (bicyclic) bond motifs is 1. The molecule has 0 fully saturated rings. The van der Waals surface area contributed by atoms with Gasteiger partial charge >= 0.3 is 0 Å². The maximum Gasteiger partial charge on any atom is 0.229 e. The third-order valence-corrected chi connectivity index (χ3v) is 3.09. The summed E-state index contributed by atoms with van der Waals surface area (Å²) in [5.74, 6) is 0.452. The second-order valence-electron chi connectivity index (χ2n) is 4.80. The zero-order chi connectivity index (χ0) is 15.1. The molecule has 4 aromatic rings. The maximum absolute atomic E-state index is 4.47. The molecule has 4 rings (SSSR count). The molecule has 4 aromatic heterocycles. The minimum Gasteiger partial charge on any atom is -0.321 e. The molecule has 0 aliphatic carbocycles. The highest BCUT2D eigenvalue weighted by Crippen LogP contribution is 2.16. The van der Waals surface area contributed by atoms with E-state index in [2.05, 4.69) is 35.8 Å². The van der Waals surface area contributed by atoms with E-state index in [9.17, 15) is 0 Å². The molecule has 22 heavy (non-hydrogen) atoms. The number of anilines is 2. The Morgan fingerprint density at radius 2 is 1.82 bits per heavy atom. The van der Waals surface area contributed by atoms with Crippen molar-refractivity contribution in [2.24, 2.45) is 14.1 Å². The van der Waals surface area contributed by atoms with E-state index >= 15 is 0 Å². The van der Waals surface area contributed by atoms with E-state index in [1.165, 1.54) is 0 Å². The molecular weight excluding hydrogens is 284 g/mol. The lowest BCUT2D eigenvalue weighted by Gasteiger charge is -2.01. The van der Waals surface area contributed by atoms with Gasteiger partial charge in [0.2, 0.25) is 5.95 Å². The molecule has 10 nitrogen and oxygen atoms in total. The van der Waals surface area contributed by atoms with Crippen molar-refractivity contribution in [1.29, 1.82) is 0 Å². The Labute approximate surface area is 124 Å². The molecule has 0 aliphatic rings. The average molecular weight is 296 g/mol. The van der Waals surface area contributed by atoms with Crippen LogP contribution in [0, 0.1) is 0 Å². The lowest BCUT2D eigenvalue weighted by molar-refractivity contribution is 0.764. The summed E-state index contributed by atoms with van der Waals surface area (Å²) in [7, 11) is 3.68. The van der Waals surface area contributed by atoms with Gasteiger partial charge in [-0.3, -0.25) is 9.36 Å². The normalized spacial score (nSPS) is 11.2. The first-order valence-electron chi connectivity index (χ1n) is 6.52. The molecule has 0 saturated carbocycles. The van der Waals surface area contributed by atoms with Gasteiger partial charge in [0.05, 0.1) is 30.5 Å². The Hall–Kier alpha value is -3.30. The van der Waals surface area contributed by atoms with Gasteiger partial charge in [-0.05, 0) is 0 Å². The Morgan fingerprint density at radius 3 is 2.55 bits per heavy atom. The maximum atomic E-state index is 4.47. The molecule has 0 bridgehead atoms. The van der Waals surface area contributed by atoms with Crippen molar-refractivity contribution < 1.29 is 0 Å². The zero-order valence-electron chi connectivity index (χ0n) is 11.9. The Kier molecular flexibility index (Phi) is 2.61. The van der Waals surface area contributed by atoms with E-state index < -0.39 is 0 Å². The summed E-state index contributed by atoms with van der Waals surface area (Å²) in [6, 6.07) is 0. The van der Waals surface area contributed by atoms with Crippen LogP contribution in [0.25, 0.3) is 16.9 Å². The molecule has 10 heteroatoms. The van der Waals surface area contributed by atoms with Crippen molar-refractivity contribution in [3.05, 3.63) is 31.0 Å². The first kappa shape index (κ1) is 12.4. The highest BCUT2D eigenvalue weighted by molar-refractivity contribution is 5.72. The lowest BCUT2D eigenvalue weighted by Crippen LogP contribution is -2.00. The predicted molar refractivity (Wildman–Crippen MR) is 77.7 cm³/mol. The van der Waals surface area contributed by atoms with Crippen molar-refractivity contribution >= 4 is 22.8 Å². The Balaban J connectivity index is 1.76. The summed E-state index contributed by atoms with van der Waals surface area (Å²) < 4.78 is 5.01. The molecule has 0 radical (unpaired) electrons. The van der Waals surface area contributed by atoms with Gasteiger partial charge in [0.15, 0.2) is 11.2 Å². The molecule has 0 spiro atoms. The Morgan fingerprint density at radius 1 is 1.00 bits per heavy atom. The lowest BCUT2D eigenvalue weighted by atomic mass is 10.5. The quantitative estimate of drug-likeness (QED) is 0.584. The van der Waals surface area contributed by atoms with Gasteiger partial charge in [0.1, 0.15) is 5.69 Å². The minimum atomic E-state index is 0.452. The van der Waals surface area contributed by atoms with Crippen molar-refractivity contribution in [3.8, 4) is 5.69 Å². The highest BCUT2D eigenvalue weighted by Gasteiger charge is 2.11. The molecular formula is C12H12N10. The van der Waals surface area contributed by atoms with Gasteiger partial charge in [-0.15, -0.1) is 5.10 Å². The van der Waals surface area contributed by atoms with Crippen molar-refractivity contribution in [2.75, 3.05) is 5.32 Å². The Bertz CT molecular complexity index is 946. The smallest absolute Gasteiger partial charge is 0.229 e. The van der Waals surface area contributed by atoms with Gasteiger partial charge in [-0.1, -0.05) is 5.21 Å². The van der Waals surface area contributed by atoms with Crippen molar-refractivity contribution in [2.45, 2.75) is 0 Å². The minimum absolute atomic E-state index is 0.452. The molecule has 1 N–H and O–H groups in total. The van der Waals surface area contributed by atoms with E-state index in [-0.39, 0.29) is 0 Å². The number of nitrogens with zero attached hydrogens (tertiary/aromatic N) is 9. The van der Waals surface area contributed by atoms with E-state index in [1.54, 1.807) is 32.6 Å². The van der Waals surface area contributed by atoms with Crippen molar-refractivity contribution in [3.63, 3.8) is 0 Å². The first-order valence-corrected chi connectivity index (χ1v) is 6.52. The molecule has 0 unspecified atom stereocenters. The summed E-state index contributed by atoms with van der Waals surface area (Å²) >= 11 is 0. The van der Waals surface area contributed by atoms with Gasteiger partial charge in [0, 0.05) is 20.3 Å². The van der Waals surface area contributed by atoms with E-state index in [4.69, 9.17) is 0 Å². The fourth-order valence-corrected chi connectivity index (χ4v) is 2.09. The number of hydrogen-bond donors (Lipinski definition) is 1. The number of hydrogen-bond acceptors (Lipinski definition) is 7. The van der Waals surface area contributed by atoms with Crippen LogP contribution < -0.4 is 5.32 Å². The van der Waals surface area contributed by atoms with E-state index in [1.807, 2.05) is 26.5 Å². The molecule has 0 aromatic carbocycles. The fourth-order valence-electron chi connectivity index (χ4n) is 2.09. The van der Waals surface area contributed by atoms with Crippen LogP contribution in [-0.2, 0) is 14.1 Å². The second-order valence-corrected chi connectivity index (χ2v) is 4.80. The van der Waals surface area contributed by atoms with Crippen LogP contribution >= 0.6 is 0 Å². The fraction of sp³-hybridized carbons (Fsp3) is 0.167. The number of aromatic nitrogens is 9. The number of rotatable bonds is 3. The molecule has 4 heterocycles. The van der Waals surface area contributed by atoms with Crippen molar-refractivity contribution in [1.82, 2.24) is 44.5 Å². The number of aryl methyl sites for hydroxylation is 2. The molecule has 0 aliphatic heterocycles. The summed E-state index contributed by atoms with van der Waals surface area (Å²) in [6.45, 7) is 0. The largest absolute Gasteiger partial charge is 0.321 e. The van der Waals surface area contributed by atoms with Gasteiger partial charge in [-0.25, -0.2) is 4.98 Å². The van der Waals surface area contributed by atoms with Crippen LogP contribution in [0.2, 0.25) is 0 Å². The number of nitrogens with one attached hydrogen (secondary N) is 1. The summed E-state index contributed by atoms with van der Waals surface area (Å²) in [5.41, 5.74) is 2.81. The standard InChI is InChI=1S/C12H12N10/c1-20-6-8(3-14-20)16-12-13-5-10-11(17-12)22(19-18-10)9-4-15-21(2)7-9/h3-7H,1-2H3,(H,13,16,17). The molecule has 110 valence electrons. The van der Waals surface area contributed by atoms with Crippen LogP contribution in [0.5, 0.6) is 0 Å². The predicted octanol–water partition coefficient (Wildman–Crippen LogP) is 0.421. The van der Waals surface area contributed by atoms with E-state index in [0.29, 0.717) is 17.1 Å². The molecule has 0 saturated heterocycles. The highest BCUT2D eigenvalue weighted by atomic mass is 15.5. The van der Waals surface area contributed by atoms with E-state index in [0.717, 1.165) is 11.4 Å². The summed E-state index contributed by atoms with van der Waals surface area (Å²) in [5, 5.41) is 19.5. The summed E-state index contributed by atoms with van der Waals surface area (Å²) in [4.78, 5) is 8.69. The third-order valence-electron chi connectivity index (χ3n) is 3.09. The van der Waals surface area contributed by atoms with Gasteiger partial charge in [-0.2, -0.15) is 19.9 Å². The summed E-state index contributed by atoms with van der Waals surface area (Å²) in [6.07, 6.45) is 8.70. The SMILES string of the molecule is Cn1cc(Nc2ncc3nnn(-c4cnn(C)c4)c3n2)cn1. The van der Waals surface area contributed by atoms with Gasteiger partial charge < -0.3 is 5.32 Å². The average Bonchev–Trinajstić information content (AvgIpc) is 3.19. The van der Waals surface area contributed by atoms with Crippen LogP contribution in [-0.4, -0.2) is 44.5 Å².